The molecule has 3 N–H and O–H groups in total. The van der Waals surface area contributed by atoms with Crippen LogP contribution in [0.5, 0.6) is 0 Å². The molecule has 0 spiro atoms. The summed E-state index contributed by atoms with van der Waals surface area (Å²) in [5.41, 5.74) is 5.88. The van der Waals surface area contributed by atoms with Crippen LogP contribution in [0.3, 0.4) is 0 Å². The molecule has 1 aromatic heterocycles. The Morgan fingerprint density at radius 3 is 3.00 bits per heavy atom. The first kappa shape index (κ1) is 13.4. The van der Waals surface area contributed by atoms with Gasteiger partial charge >= 0.3 is 0 Å². The van der Waals surface area contributed by atoms with E-state index in [1.165, 1.54) is 14.0 Å². The van der Waals surface area contributed by atoms with Crippen LogP contribution in [0.25, 0.3) is 0 Å². The van der Waals surface area contributed by atoms with Crippen molar-refractivity contribution in [2.45, 2.75) is 12.5 Å². The Bertz CT molecular complexity index is 489. The summed E-state index contributed by atoms with van der Waals surface area (Å²) in [5.74, 6) is 5.65. The lowest BCUT2D eigenvalue weighted by Gasteiger charge is -2.17. The van der Waals surface area contributed by atoms with Crippen LogP contribution in [0.4, 0.5) is 0 Å². The van der Waals surface area contributed by atoms with Gasteiger partial charge in [-0.25, -0.2) is 0 Å². The first-order valence-electron chi connectivity index (χ1n) is 4.99. The van der Waals surface area contributed by atoms with E-state index in [2.05, 4.69) is 61.1 Å². The Morgan fingerprint density at radius 1 is 1.53 bits per heavy atom. The number of hydrazine groups is 1. The van der Waals surface area contributed by atoms with Gasteiger partial charge in [0.2, 0.25) is 0 Å². The van der Waals surface area contributed by atoms with E-state index in [9.17, 15) is 0 Å². The van der Waals surface area contributed by atoms with Crippen LogP contribution in [0.2, 0.25) is 0 Å². The molecule has 2 rings (SSSR count). The summed E-state index contributed by atoms with van der Waals surface area (Å²) in [4.78, 5) is 5.30. The predicted octanol–water partition coefficient (Wildman–Crippen LogP) is 3.26. The van der Waals surface area contributed by atoms with E-state index in [0.29, 0.717) is 0 Å². The van der Waals surface area contributed by atoms with Gasteiger partial charge in [0, 0.05) is 25.5 Å². The maximum Gasteiger partial charge on any atom is 0.0794 e. The minimum atomic E-state index is 0.0968. The number of rotatable bonds is 4. The van der Waals surface area contributed by atoms with Crippen molar-refractivity contribution in [2.24, 2.45) is 5.84 Å². The van der Waals surface area contributed by atoms with Crippen molar-refractivity contribution < 1.29 is 0 Å². The molecule has 0 saturated carbocycles. The van der Waals surface area contributed by atoms with E-state index in [4.69, 9.17) is 5.84 Å². The monoisotopic (exact) mass is 423 g/mol. The first-order chi connectivity index (χ1) is 8.20. The van der Waals surface area contributed by atoms with Crippen molar-refractivity contribution >= 4 is 49.9 Å². The zero-order valence-electron chi connectivity index (χ0n) is 8.86. The van der Waals surface area contributed by atoms with Gasteiger partial charge in [-0.1, -0.05) is 15.9 Å². The molecule has 0 amide bonds. The Kier molecular flexibility index (Phi) is 4.92. The van der Waals surface area contributed by atoms with Crippen LogP contribution in [0, 0.1) is 3.57 Å². The normalized spacial score (nSPS) is 12.6. The summed E-state index contributed by atoms with van der Waals surface area (Å²) in [6.45, 7) is 0. The summed E-state index contributed by atoms with van der Waals surface area (Å²) in [6, 6.07) is 6.35. The number of hydrogen-bond acceptors (Lipinski definition) is 4. The predicted molar refractivity (Wildman–Crippen MR) is 82.7 cm³/mol. The zero-order valence-corrected chi connectivity index (χ0v) is 13.4. The van der Waals surface area contributed by atoms with Crippen molar-refractivity contribution in [1.82, 2.24) is 10.4 Å². The third-order valence-corrected chi connectivity index (χ3v) is 4.62. The number of nitrogens with two attached hydrogens (primary N) is 1. The lowest BCUT2D eigenvalue weighted by atomic mass is 10.0. The third kappa shape index (κ3) is 3.47. The average Bonchev–Trinajstić information content (AvgIpc) is 2.82. The molecule has 0 aliphatic rings. The van der Waals surface area contributed by atoms with E-state index < -0.39 is 0 Å². The number of nitrogens with zero attached hydrogens (tertiary/aromatic N) is 1. The van der Waals surface area contributed by atoms with E-state index in [0.717, 1.165) is 10.9 Å². The minimum absolute atomic E-state index is 0.0968. The van der Waals surface area contributed by atoms with E-state index in [1.54, 1.807) is 11.3 Å². The molecule has 0 aliphatic heterocycles. The number of hydrogen-bond donors (Lipinski definition) is 2. The Morgan fingerprint density at radius 2 is 2.35 bits per heavy atom. The summed E-state index contributed by atoms with van der Waals surface area (Å²) in [5, 5.41) is 0. The standard InChI is InChI=1S/C11H11BrIN3S/c12-10-2-1-7(13)3-9(10)11(16-14)4-8-5-15-6-17-8/h1-3,5-6,11,16H,4,14H2. The molecule has 2 aromatic rings. The van der Waals surface area contributed by atoms with Crippen LogP contribution in [0.15, 0.2) is 34.4 Å². The summed E-state index contributed by atoms with van der Waals surface area (Å²) in [6.07, 6.45) is 2.73. The second kappa shape index (κ2) is 6.24. The minimum Gasteiger partial charge on any atom is -0.271 e. The number of thiazole rings is 1. The molecule has 6 heteroatoms. The van der Waals surface area contributed by atoms with Crippen LogP contribution in [-0.2, 0) is 6.42 Å². The smallest absolute Gasteiger partial charge is 0.0794 e. The molecule has 90 valence electrons. The van der Waals surface area contributed by atoms with Gasteiger partial charge in [-0.15, -0.1) is 11.3 Å². The molecule has 1 aromatic carbocycles. The average molecular weight is 424 g/mol. The highest BCUT2D eigenvalue weighted by molar-refractivity contribution is 14.1. The summed E-state index contributed by atoms with van der Waals surface area (Å²) in [7, 11) is 0. The van der Waals surface area contributed by atoms with Crippen LogP contribution < -0.4 is 11.3 Å². The van der Waals surface area contributed by atoms with Gasteiger partial charge < -0.3 is 0 Å². The quantitative estimate of drug-likeness (QED) is 0.450. The molecule has 1 unspecified atom stereocenters. The van der Waals surface area contributed by atoms with Gasteiger partial charge in [-0.05, 0) is 46.4 Å². The zero-order chi connectivity index (χ0) is 12.3. The van der Waals surface area contributed by atoms with Gasteiger partial charge in [0.15, 0.2) is 0 Å². The molecule has 1 atom stereocenters. The highest BCUT2D eigenvalue weighted by Gasteiger charge is 2.14. The van der Waals surface area contributed by atoms with Gasteiger partial charge in [0.05, 0.1) is 11.6 Å². The van der Waals surface area contributed by atoms with Crippen LogP contribution in [-0.4, -0.2) is 4.98 Å². The van der Waals surface area contributed by atoms with Crippen LogP contribution in [0.1, 0.15) is 16.5 Å². The fourth-order valence-electron chi connectivity index (χ4n) is 1.58. The van der Waals surface area contributed by atoms with Crippen molar-refractivity contribution in [3.63, 3.8) is 0 Å². The fraction of sp³-hybridized carbons (Fsp3) is 0.182. The fourth-order valence-corrected chi connectivity index (χ4v) is 3.26. The Hall–Kier alpha value is -0.0200. The molecule has 0 fully saturated rings. The van der Waals surface area contributed by atoms with Gasteiger partial charge in [0.25, 0.3) is 0 Å². The van der Waals surface area contributed by atoms with Crippen molar-refractivity contribution in [3.05, 3.63) is 48.4 Å². The Labute approximate surface area is 126 Å². The maximum atomic E-state index is 5.65. The Balaban J connectivity index is 2.25. The number of nitrogens with one attached hydrogen (secondary N) is 1. The van der Waals surface area contributed by atoms with Crippen LogP contribution >= 0.6 is 49.9 Å². The SMILES string of the molecule is NNC(Cc1cncs1)c1cc(I)ccc1Br. The van der Waals surface area contributed by atoms with Crippen molar-refractivity contribution in [1.29, 1.82) is 0 Å². The molecule has 3 nitrogen and oxygen atoms in total. The molecular formula is C11H11BrIN3S. The highest BCUT2D eigenvalue weighted by atomic mass is 127. The lowest BCUT2D eigenvalue weighted by Crippen LogP contribution is -2.29. The number of aromatic nitrogens is 1. The van der Waals surface area contributed by atoms with Gasteiger partial charge in [-0.2, -0.15) is 0 Å². The summed E-state index contributed by atoms with van der Waals surface area (Å²) < 4.78 is 2.27. The largest absolute Gasteiger partial charge is 0.271 e. The van der Waals surface area contributed by atoms with E-state index >= 15 is 0 Å². The van der Waals surface area contributed by atoms with Crippen molar-refractivity contribution in [2.75, 3.05) is 0 Å². The molecule has 0 aliphatic carbocycles. The lowest BCUT2D eigenvalue weighted by molar-refractivity contribution is 0.553. The molecule has 0 bridgehead atoms. The van der Waals surface area contributed by atoms with Crippen molar-refractivity contribution in [3.8, 4) is 0 Å². The van der Waals surface area contributed by atoms with E-state index in [1.807, 2.05) is 17.8 Å². The molecular weight excluding hydrogens is 413 g/mol. The molecule has 1 heterocycles. The summed E-state index contributed by atoms with van der Waals surface area (Å²) >= 11 is 7.51. The second-order valence-corrected chi connectivity index (χ2v) is 6.63. The maximum absolute atomic E-state index is 5.65. The van der Waals surface area contributed by atoms with Gasteiger partial charge in [-0.3, -0.25) is 16.3 Å². The molecule has 17 heavy (non-hydrogen) atoms. The molecule has 0 saturated heterocycles. The second-order valence-electron chi connectivity index (χ2n) is 3.56. The topological polar surface area (TPSA) is 50.9 Å². The van der Waals surface area contributed by atoms with Gasteiger partial charge in [0.1, 0.15) is 0 Å². The third-order valence-electron chi connectivity index (χ3n) is 2.42. The number of halogens is 2. The number of benzene rings is 1. The van der Waals surface area contributed by atoms with E-state index in [-0.39, 0.29) is 6.04 Å². The highest BCUT2D eigenvalue weighted by Crippen LogP contribution is 2.28. The first-order valence-corrected chi connectivity index (χ1v) is 7.74. The molecule has 0 radical (unpaired) electrons.